The van der Waals surface area contributed by atoms with Gasteiger partial charge in [0.1, 0.15) is 6.61 Å². The number of carbonyl (C=O) groups excluding carboxylic acids is 2. The van der Waals surface area contributed by atoms with Gasteiger partial charge in [-0.25, -0.2) is 9.59 Å². The minimum Gasteiger partial charge on any atom is -0.478 e. The summed E-state index contributed by atoms with van der Waals surface area (Å²) in [5, 5.41) is 14.7. The van der Waals surface area contributed by atoms with Gasteiger partial charge in [-0.05, 0) is 46.4 Å². The molecule has 35 heavy (non-hydrogen) atoms. The van der Waals surface area contributed by atoms with Crippen molar-refractivity contribution in [2.75, 3.05) is 18.5 Å². The number of carboxylic acids is 1. The summed E-state index contributed by atoms with van der Waals surface area (Å²) in [5.41, 5.74) is 4.82. The van der Waals surface area contributed by atoms with Gasteiger partial charge in [0, 0.05) is 23.4 Å². The third kappa shape index (κ3) is 5.71. The van der Waals surface area contributed by atoms with Crippen LogP contribution in [0.5, 0.6) is 0 Å². The van der Waals surface area contributed by atoms with Crippen LogP contribution in [0.1, 0.15) is 40.7 Å². The molecule has 8 heteroatoms. The second-order valence-corrected chi connectivity index (χ2v) is 9.47. The Labute approximate surface area is 211 Å². The molecule has 0 aromatic heterocycles. The molecule has 180 valence electrons. The van der Waals surface area contributed by atoms with Gasteiger partial charge in [-0.1, -0.05) is 71.4 Å². The summed E-state index contributed by atoms with van der Waals surface area (Å²) < 4.78 is 6.13. The molecular formula is C27H25BrN2O5. The quantitative estimate of drug-likeness (QED) is 0.345. The highest BCUT2D eigenvalue weighted by Crippen LogP contribution is 2.44. The van der Waals surface area contributed by atoms with E-state index in [1.165, 1.54) is 12.1 Å². The van der Waals surface area contributed by atoms with Gasteiger partial charge in [0.05, 0.1) is 11.3 Å². The molecular weight excluding hydrogens is 512 g/mol. The van der Waals surface area contributed by atoms with Crippen LogP contribution in [0.2, 0.25) is 0 Å². The van der Waals surface area contributed by atoms with Crippen molar-refractivity contribution < 1.29 is 24.2 Å². The summed E-state index contributed by atoms with van der Waals surface area (Å²) in [5.74, 6) is -1.67. The summed E-state index contributed by atoms with van der Waals surface area (Å²) in [6.07, 6.45) is -0.432. The first kappa shape index (κ1) is 24.5. The van der Waals surface area contributed by atoms with E-state index in [9.17, 15) is 19.5 Å². The number of alkyl carbamates (subject to hydrolysis) is 1. The zero-order chi connectivity index (χ0) is 24.9. The molecule has 0 aliphatic heterocycles. The number of fused-ring (bicyclic) bond motifs is 3. The monoisotopic (exact) mass is 536 g/mol. The number of hydrogen-bond acceptors (Lipinski definition) is 4. The molecule has 1 aliphatic rings. The maximum Gasteiger partial charge on any atom is 0.407 e. The van der Waals surface area contributed by atoms with Crippen LogP contribution >= 0.6 is 15.9 Å². The van der Waals surface area contributed by atoms with Gasteiger partial charge in [0.25, 0.3) is 0 Å². The fourth-order valence-corrected chi connectivity index (χ4v) is 4.66. The number of carbonyl (C=O) groups is 3. The number of rotatable bonds is 8. The molecule has 0 radical (unpaired) electrons. The average molecular weight is 537 g/mol. The van der Waals surface area contributed by atoms with Crippen molar-refractivity contribution in [1.82, 2.24) is 5.32 Å². The number of aromatic carboxylic acids is 1. The minimum absolute atomic E-state index is 0.00265. The van der Waals surface area contributed by atoms with Crippen LogP contribution in [0.3, 0.4) is 0 Å². The molecule has 3 N–H and O–H groups in total. The lowest BCUT2D eigenvalue weighted by atomic mass is 9.98. The average Bonchev–Trinajstić information content (AvgIpc) is 3.16. The molecule has 0 fully saturated rings. The SMILES string of the molecule is CC(CNC(=O)OCC1c2ccccc2-c2ccccc21)CC(=O)Nc1ccc(Br)cc1C(=O)O. The zero-order valence-corrected chi connectivity index (χ0v) is 20.7. The van der Waals surface area contributed by atoms with Crippen LogP contribution in [0.4, 0.5) is 10.5 Å². The highest BCUT2D eigenvalue weighted by atomic mass is 79.9. The third-order valence-electron chi connectivity index (χ3n) is 5.96. The second-order valence-electron chi connectivity index (χ2n) is 8.56. The number of hydrogen-bond donors (Lipinski definition) is 3. The fourth-order valence-electron chi connectivity index (χ4n) is 4.30. The molecule has 0 saturated heterocycles. The van der Waals surface area contributed by atoms with E-state index in [1.807, 2.05) is 31.2 Å². The van der Waals surface area contributed by atoms with Crippen molar-refractivity contribution in [3.8, 4) is 11.1 Å². The van der Waals surface area contributed by atoms with Gasteiger partial charge in [-0.3, -0.25) is 4.79 Å². The topological polar surface area (TPSA) is 105 Å². The molecule has 0 spiro atoms. The summed E-state index contributed by atoms with van der Waals surface area (Å²) in [6, 6.07) is 20.9. The molecule has 0 heterocycles. The van der Waals surface area contributed by atoms with Gasteiger partial charge < -0.3 is 20.5 Å². The Morgan fingerprint density at radius 3 is 2.26 bits per heavy atom. The fraction of sp³-hybridized carbons (Fsp3) is 0.222. The highest BCUT2D eigenvalue weighted by Gasteiger charge is 2.29. The number of anilines is 1. The molecule has 1 aliphatic carbocycles. The van der Waals surface area contributed by atoms with Gasteiger partial charge in [0.2, 0.25) is 5.91 Å². The highest BCUT2D eigenvalue weighted by molar-refractivity contribution is 9.10. The van der Waals surface area contributed by atoms with Crippen LogP contribution in [-0.4, -0.2) is 36.2 Å². The third-order valence-corrected chi connectivity index (χ3v) is 6.45. The number of carboxylic acid groups (broad SMARTS) is 1. The van der Waals surface area contributed by atoms with Crippen LogP contribution < -0.4 is 10.6 Å². The number of ether oxygens (including phenoxy) is 1. The Balaban J connectivity index is 1.27. The van der Waals surface area contributed by atoms with Crippen molar-refractivity contribution in [3.05, 3.63) is 87.9 Å². The summed E-state index contributed by atoms with van der Waals surface area (Å²) in [4.78, 5) is 36.2. The lowest BCUT2D eigenvalue weighted by Crippen LogP contribution is -2.31. The zero-order valence-electron chi connectivity index (χ0n) is 19.1. The van der Waals surface area contributed by atoms with Crippen molar-refractivity contribution in [1.29, 1.82) is 0 Å². The smallest absolute Gasteiger partial charge is 0.407 e. The predicted octanol–water partition coefficient (Wildman–Crippen LogP) is 5.65. The Kier molecular flexibility index (Phi) is 7.51. The van der Waals surface area contributed by atoms with Gasteiger partial charge >= 0.3 is 12.1 Å². The molecule has 3 aromatic carbocycles. The molecule has 3 aromatic rings. The van der Waals surface area contributed by atoms with Gasteiger partial charge in [-0.2, -0.15) is 0 Å². The Bertz CT molecular complexity index is 1230. The molecule has 0 saturated carbocycles. The van der Waals surface area contributed by atoms with E-state index in [4.69, 9.17) is 4.74 Å². The van der Waals surface area contributed by atoms with E-state index in [0.717, 1.165) is 22.3 Å². The largest absolute Gasteiger partial charge is 0.478 e. The molecule has 1 atom stereocenters. The maximum atomic E-state index is 12.4. The molecule has 0 bridgehead atoms. The normalized spacial score (nSPS) is 12.9. The number of benzene rings is 3. The van der Waals surface area contributed by atoms with Crippen molar-refractivity contribution in [2.24, 2.45) is 5.92 Å². The Morgan fingerprint density at radius 2 is 1.63 bits per heavy atom. The summed E-state index contributed by atoms with van der Waals surface area (Å²) in [6.45, 7) is 2.29. The predicted molar refractivity (Wildman–Crippen MR) is 137 cm³/mol. The van der Waals surface area contributed by atoms with Crippen molar-refractivity contribution in [3.63, 3.8) is 0 Å². The Morgan fingerprint density at radius 1 is 1.00 bits per heavy atom. The first-order valence-corrected chi connectivity index (χ1v) is 12.0. The van der Waals surface area contributed by atoms with E-state index in [2.05, 4.69) is 50.8 Å². The molecule has 7 nitrogen and oxygen atoms in total. The number of halogens is 1. The molecule has 4 rings (SSSR count). The van der Waals surface area contributed by atoms with Gasteiger partial charge in [-0.15, -0.1) is 0 Å². The maximum absolute atomic E-state index is 12.4. The molecule has 2 amide bonds. The van der Waals surface area contributed by atoms with E-state index in [1.54, 1.807) is 6.07 Å². The van der Waals surface area contributed by atoms with Crippen LogP contribution in [0, 0.1) is 5.92 Å². The Hall–Kier alpha value is -3.65. The molecule has 1 unspecified atom stereocenters. The summed E-state index contributed by atoms with van der Waals surface area (Å²) in [7, 11) is 0. The summed E-state index contributed by atoms with van der Waals surface area (Å²) >= 11 is 3.23. The van der Waals surface area contributed by atoms with Crippen LogP contribution in [0.25, 0.3) is 11.1 Å². The first-order chi connectivity index (χ1) is 16.8. The van der Waals surface area contributed by atoms with E-state index < -0.39 is 12.1 Å². The van der Waals surface area contributed by atoms with E-state index in [0.29, 0.717) is 4.47 Å². The van der Waals surface area contributed by atoms with Gasteiger partial charge in [0.15, 0.2) is 0 Å². The van der Waals surface area contributed by atoms with Crippen molar-refractivity contribution in [2.45, 2.75) is 19.3 Å². The van der Waals surface area contributed by atoms with Crippen LogP contribution in [0.15, 0.2) is 71.2 Å². The number of nitrogens with one attached hydrogen (secondary N) is 2. The first-order valence-electron chi connectivity index (χ1n) is 11.2. The van der Waals surface area contributed by atoms with E-state index in [-0.39, 0.29) is 48.6 Å². The minimum atomic E-state index is -1.13. The van der Waals surface area contributed by atoms with Crippen LogP contribution in [-0.2, 0) is 9.53 Å². The van der Waals surface area contributed by atoms with E-state index >= 15 is 0 Å². The lowest BCUT2D eigenvalue weighted by molar-refractivity contribution is -0.116. The standard InChI is InChI=1S/C27H25BrN2O5/c1-16(12-25(31)30-24-11-10-17(28)13-22(24)26(32)33)14-29-27(34)35-15-23-20-8-4-2-6-18(20)19-7-3-5-9-21(19)23/h2-11,13,16,23H,12,14-15H2,1H3,(H,29,34)(H,30,31)(H,32,33). The number of amides is 2. The second kappa shape index (κ2) is 10.7. The van der Waals surface area contributed by atoms with Crippen molar-refractivity contribution >= 4 is 39.6 Å². The lowest BCUT2D eigenvalue weighted by Gasteiger charge is -2.16.